The van der Waals surface area contributed by atoms with Crippen molar-refractivity contribution < 1.29 is 19.5 Å². The van der Waals surface area contributed by atoms with Crippen molar-refractivity contribution in [2.75, 3.05) is 13.2 Å². The lowest BCUT2D eigenvalue weighted by Crippen LogP contribution is -2.34. The Kier molecular flexibility index (Phi) is 5.33. The van der Waals surface area contributed by atoms with E-state index < -0.39 is 6.04 Å². The van der Waals surface area contributed by atoms with Gasteiger partial charge in [0.25, 0.3) is 0 Å². The number of hydrogen-bond donors (Lipinski definition) is 1. The van der Waals surface area contributed by atoms with Gasteiger partial charge in [-0.3, -0.25) is 9.63 Å². The fourth-order valence-corrected chi connectivity index (χ4v) is 2.78. The van der Waals surface area contributed by atoms with Gasteiger partial charge in [-0.15, -0.1) is 0 Å². The number of carbonyl (C=O) groups excluding carboxylic acids is 1. The molecule has 21 heavy (non-hydrogen) atoms. The van der Waals surface area contributed by atoms with Crippen LogP contribution in [0.2, 0.25) is 0 Å². The Bertz CT molecular complexity index is 491. The van der Waals surface area contributed by atoms with Crippen LogP contribution in [0.25, 0.3) is 0 Å². The third-order valence-electron chi connectivity index (χ3n) is 3.72. The van der Waals surface area contributed by atoms with E-state index in [0.717, 1.165) is 5.56 Å². The number of rotatable bonds is 3. The van der Waals surface area contributed by atoms with Crippen LogP contribution in [0, 0.1) is 12.8 Å². The lowest BCUT2D eigenvalue weighted by atomic mass is 9.98. The third kappa shape index (κ3) is 3.26. The molecule has 2 aliphatic heterocycles. The van der Waals surface area contributed by atoms with Crippen LogP contribution in [0.1, 0.15) is 25.0 Å². The van der Waals surface area contributed by atoms with E-state index in [0.29, 0.717) is 13.2 Å². The number of aliphatic hydroxyl groups is 1. The van der Waals surface area contributed by atoms with Gasteiger partial charge >= 0.3 is 5.97 Å². The Morgan fingerprint density at radius 1 is 1.38 bits per heavy atom. The maximum Gasteiger partial charge on any atom is 0.326 e. The zero-order chi connectivity index (χ0) is 15.4. The standard InChI is InChI=1S/C14H17NO4.C2H6/c1-9-3-2-4-10(5-9)6-15-13-11(8-18-14(13)17)12(7-16)19-15;1-2/h2-5,11-13,16H,6-8H2,1H3;1-2H3/t11-,12?,13+;/m1./s1. The van der Waals surface area contributed by atoms with Crippen molar-refractivity contribution in [1.82, 2.24) is 5.06 Å². The summed E-state index contributed by atoms with van der Waals surface area (Å²) in [7, 11) is 0. The van der Waals surface area contributed by atoms with Crippen LogP contribution in [-0.2, 0) is 20.9 Å². The zero-order valence-electron chi connectivity index (χ0n) is 12.8. The van der Waals surface area contributed by atoms with Gasteiger partial charge in [0.05, 0.1) is 25.7 Å². The van der Waals surface area contributed by atoms with Crippen molar-refractivity contribution in [3.63, 3.8) is 0 Å². The average Bonchev–Trinajstić information content (AvgIpc) is 3.03. The molecule has 1 aromatic carbocycles. The molecule has 2 heterocycles. The van der Waals surface area contributed by atoms with Crippen LogP contribution in [0.5, 0.6) is 0 Å². The van der Waals surface area contributed by atoms with Gasteiger partial charge in [0, 0.05) is 0 Å². The summed E-state index contributed by atoms with van der Waals surface area (Å²) in [6.45, 7) is 6.78. The first-order chi connectivity index (χ1) is 10.2. The summed E-state index contributed by atoms with van der Waals surface area (Å²) in [5.41, 5.74) is 2.25. The highest BCUT2D eigenvalue weighted by Gasteiger charge is 2.52. The minimum atomic E-state index is -0.391. The van der Waals surface area contributed by atoms with E-state index >= 15 is 0 Å². The van der Waals surface area contributed by atoms with E-state index in [4.69, 9.17) is 9.57 Å². The summed E-state index contributed by atoms with van der Waals surface area (Å²) in [6, 6.07) is 7.67. The number of hydroxylamine groups is 2. The number of esters is 1. The topological polar surface area (TPSA) is 59.0 Å². The molecule has 116 valence electrons. The first-order valence-corrected chi connectivity index (χ1v) is 7.45. The molecule has 0 spiro atoms. The Morgan fingerprint density at radius 2 is 2.14 bits per heavy atom. The first-order valence-electron chi connectivity index (χ1n) is 7.45. The van der Waals surface area contributed by atoms with E-state index in [1.807, 2.05) is 39.0 Å². The fraction of sp³-hybridized carbons (Fsp3) is 0.562. The van der Waals surface area contributed by atoms with Gasteiger partial charge < -0.3 is 9.84 Å². The third-order valence-corrected chi connectivity index (χ3v) is 3.72. The van der Waals surface area contributed by atoms with Gasteiger partial charge in [-0.1, -0.05) is 43.7 Å². The Labute approximate surface area is 125 Å². The van der Waals surface area contributed by atoms with E-state index in [9.17, 15) is 9.90 Å². The average molecular weight is 293 g/mol. The molecule has 2 saturated heterocycles. The summed E-state index contributed by atoms with van der Waals surface area (Å²) in [4.78, 5) is 17.4. The Morgan fingerprint density at radius 3 is 2.81 bits per heavy atom. The number of cyclic esters (lactones) is 1. The van der Waals surface area contributed by atoms with Crippen molar-refractivity contribution in [3.8, 4) is 0 Å². The SMILES string of the molecule is CC.Cc1cccc(CN2OC(CO)[C@H]3COC(=O)[C@H]32)c1. The molecule has 5 nitrogen and oxygen atoms in total. The monoisotopic (exact) mass is 293 g/mol. The van der Waals surface area contributed by atoms with E-state index in [1.54, 1.807) is 5.06 Å². The molecule has 3 atom stereocenters. The molecule has 0 amide bonds. The van der Waals surface area contributed by atoms with Gasteiger partial charge in [-0.05, 0) is 12.5 Å². The molecular weight excluding hydrogens is 270 g/mol. The Hall–Kier alpha value is -1.43. The van der Waals surface area contributed by atoms with Crippen LogP contribution in [0.3, 0.4) is 0 Å². The molecular formula is C16H23NO4. The van der Waals surface area contributed by atoms with E-state index in [-0.39, 0.29) is 24.6 Å². The highest BCUT2D eigenvalue weighted by Crippen LogP contribution is 2.34. The normalized spacial score (nSPS) is 27.8. The molecule has 1 unspecified atom stereocenters. The highest BCUT2D eigenvalue weighted by molar-refractivity contribution is 5.78. The molecule has 0 saturated carbocycles. The van der Waals surface area contributed by atoms with Crippen molar-refractivity contribution >= 4 is 5.97 Å². The lowest BCUT2D eigenvalue weighted by Gasteiger charge is -2.19. The maximum absolute atomic E-state index is 11.8. The minimum Gasteiger partial charge on any atom is -0.464 e. The van der Waals surface area contributed by atoms with Crippen LogP contribution >= 0.6 is 0 Å². The minimum absolute atomic E-state index is 0.0673. The second-order valence-corrected chi connectivity index (χ2v) is 5.13. The predicted octanol–water partition coefficient (Wildman–Crippen LogP) is 1.67. The molecule has 1 aromatic rings. The molecule has 3 rings (SSSR count). The van der Waals surface area contributed by atoms with E-state index in [2.05, 4.69) is 6.07 Å². The number of fused-ring (bicyclic) bond motifs is 1. The van der Waals surface area contributed by atoms with Gasteiger partial charge in [0.15, 0.2) is 0 Å². The summed E-state index contributed by atoms with van der Waals surface area (Å²) >= 11 is 0. The number of aliphatic hydroxyl groups excluding tert-OH is 1. The van der Waals surface area contributed by atoms with Crippen LogP contribution in [0.4, 0.5) is 0 Å². The first kappa shape index (κ1) is 15.9. The van der Waals surface area contributed by atoms with Crippen molar-refractivity contribution in [3.05, 3.63) is 35.4 Å². The van der Waals surface area contributed by atoms with Gasteiger partial charge in [-0.25, -0.2) is 0 Å². The summed E-state index contributed by atoms with van der Waals surface area (Å²) in [6.07, 6.45) is -0.346. The fourth-order valence-electron chi connectivity index (χ4n) is 2.78. The lowest BCUT2D eigenvalue weighted by molar-refractivity contribution is -0.192. The number of carbonyl (C=O) groups is 1. The maximum atomic E-state index is 11.8. The molecule has 2 fully saturated rings. The van der Waals surface area contributed by atoms with Gasteiger partial charge in [0.1, 0.15) is 12.1 Å². The van der Waals surface area contributed by atoms with Crippen LogP contribution < -0.4 is 0 Å². The summed E-state index contributed by atoms with van der Waals surface area (Å²) in [5, 5.41) is 11.0. The molecule has 0 aliphatic carbocycles. The molecule has 0 bridgehead atoms. The quantitative estimate of drug-likeness (QED) is 0.859. The number of aryl methyl sites for hydroxylation is 1. The zero-order valence-corrected chi connectivity index (χ0v) is 12.8. The van der Waals surface area contributed by atoms with Crippen molar-refractivity contribution in [1.29, 1.82) is 0 Å². The molecule has 0 aromatic heterocycles. The van der Waals surface area contributed by atoms with Crippen molar-refractivity contribution in [2.24, 2.45) is 5.92 Å². The molecule has 0 radical (unpaired) electrons. The number of nitrogens with zero attached hydrogens (tertiary/aromatic N) is 1. The second kappa shape index (κ2) is 7.02. The highest BCUT2D eigenvalue weighted by atomic mass is 16.7. The van der Waals surface area contributed by atoms with Gasteiger partial charge in [-0.2, -0.15) is 5.06 Å². The predicted molar refractivity (Wildman–Crippen MR) is 78.3 cm³/mol. The molecule has 5 heteroatoms. The second-order valence-electron chi connectivity index (χ2n) is 5.13. The smallest absolute Gasteiger partial charge is 0.326 e. The number of ether oxygens (including phenoxy) is 1. The Balaban J connectivity index is 0.000000774. The molecule has 2 aliphatic rings. The van der Waals surface area contributed by atoms with Gasteiger partial charge in [0.2, 0.25) is 0 Å². The summed E-state index contributed by atoms with van der Waals surface area (Å²) < 4.78 is 5.07. The number of benzene rings is 1. The number of hydrogen-bond acceptors (Lipinski definition) is 5. The largest absolute Gasteiger partial charge is 0.464 e. The molecule has 1 N–H and O–H groups in total. The van der Waals surface area contributed by atoms with E-state index in [1.165, 1.54) is 5.56 Å². The van der Waals surface area contributed by atoms with Crippen LogP contribution in [0.15, 0.2) is 24.3 Å². The van der Waals surface area contributed by atoms with Crippen molar-refractivity contribution in [2.45, 2.75) is 39.5 Å². The summed E-state index contributed by atoms with van der Waals surface area (Å²) in [5.74, 6) is -0.323. The van der Waals surface area contributed by atoms with Crippen LogP contribution in [-0.4, -0.2) is 41.5 Å².